The summed E-state index contributed by atoms with van der Waals surface area (Å²) in [4.78, 5) is 35.0. The number of anilines is 1. The Bertz CT molecular complexity index is 1090. The molecule has 150 valence electrons. The molecule has 0 aliphatic rings. The lowest BCUT2D eigenvalue weighted by molar-refractivity contribution is -0.147. The number of carbonyl (C=O) groups excluding carboxylic acids is 2. The number of hydrogen-bond donors (Lipinski definition) is 1. The molecule has 29 heavy (non-hydrogen) atoms. The van der Waals surface area contributed by atoms with Gasteiger partial charge in [-0.3, -0.25) is 4.79 Å². The highest BCUT2D eigenvalue weighted by molar-refractivity contribution is 5.92. The molecule has 1 aromatic heterocycles. The van der Waals surface area contributed by atoms with Crippen molar-refractivity contribution in [3.8, 4) is 11.5 Å². The molecule has 8 nitrogen and oxygen atoms in total. The first-order chi connectivity index (χ1) is 13.9. The first kappa shape index (κ1) is 19.9. The standard InChI is InChI=1S/C21H19NO7/c1-13(23)22-15-3-8-18-14(9-20(24)29-19(18)10-15)11-28-21(25)12-27-17-6-4-16(26-2)5-7-17/h3-10H,11-12H2,1-2H3,(H,22,23). The molecule has 0 spiro atoms. The Morgan fingerprint density at radius 3 is 2.45 bits per heavy atom. The monoisotopic (exact) mass is 397 g/mol. The van der Waals surface area contributed by atoms with E-state index in [1.54, 1.807) is 43.5 Å². The van der Waals surface area contributed by atoms with Gasteiger partial charge >= 0.3 is 11.6 Å². The molecule has 1 N–H and O–H groups in total. The molecule has 3 aromatic rings. The summed E-state index contributed by atoms with van der Waals surface area (Å²) >= 11 is 0. The Balaban J connectivity index is 1.65. The minimum Gasteiger partial charge on any atom is -0.497 e. The largest absolute Gasteiger partial charge is 0.497 e. The molecule has 1 amide bonds. The molecule has 3 rings (SSSR count). The number of nitrogens with one attached hydrogen (secondary N) is 1. The number of benzene rings is 2. The summed E-state index contributed by atoms with van der Waals surface area (Å²) in [7, 11) is 1.56. The van der Waals surface area contributed by atoms with Crippen molar-refractivity contribution in [3.63, 3.8) is 0 Å². The third kappa shape index (κ3) is 5.35. The molecule has 0 aliphatic carbocycles. The highest BCUT2D eigenvalue weighted by Gasteiger charge is 2.11. The zero-order chi connectivity index (χ0) is 20.8. The normalized spacial score (nSPS) is 10.4. The van der Waals surface area contributed by atoms with Gasteiger partial charge in [0.15, 0.2) is 6.61 Å². The predicted octanol–water partition coefficient (Wildman–Crippen LogP) is 2.88. The van der Waals surface area contributed by atoms with Gasteiger partial charge in [-0.05, 0) is 36.4 Å². The van der Waals surface area contributed by atoms with E-state index in [-0.39, 0.29) is 24.7 Å². The number of fused-ring (bicyclic) bond motifs is 1. The molecule has 0 unspecified atom stereocenters. The molecule has 0 saturated carbocycles. The van der Waals surface area contributed by atoms with Gasteiger partial charge in [0.1, 0.15) is 23.7 Å². The van der Waals surface area contributed by atoms with Crippen LogP contribution in [0.5, 0.6) is 11.5 Å². The van der Waals surface area contributed by atoms with E-state index >= 15 is 0 Å². The summed E-state index contributed by atoms with van der Waals surface area (Å²) in [5, 5.41) is 3.21. The van der Waals surface area contributed by atoms with Crippen molar-refractivity contribution in [2.24, 2.45) is 0 Å². The molecule has 2 aromatic carbocycles. The van der Waals surface area contributed by atoms with Gasteiger partial charge in [0.05, 0.1) is 7.11 Å². The van der Waals surface area contributed by atoms with Crippen molar-refractivity contribution in [1.82, 2.24) is 0 Å². The molecule has 0 aliphatic heterocycles. The number of ether oxygens (including phenoxy) is 3. The van der Waals surface area contributed by atoms with Crippen LogP contribution < -0.4 is 20.4 Å². The fourth-order valence-corrected chi connectivity index (χ4v) is 2.64. The van der Waals surface area contributed by atoms with Crippen LogP contribution in [-0.2, 0) is 20.9 Å². The van der Waals surface area contributed by atoms with E-state index in [1.165, 1.54) is 19.1 Å². The number of hydrogen-bond acceptors (Lipinski definition) is 7. The first-order valence-corrected chi connectivity index (χ1v) is 8.71. The van der Waals surface area contributed by atoms with Crippen molar-refractivity contribution in [2.45, 2.75) is 13.5 Å². The fraction of sp³-hybridized carbons (Fsp3) is 0.190. The fourth-order valence-electron chi connectivity index (χ4n) is 2.64. The van der Waals surface area contributed by atoms with E-state index < -0.39 is 11.6 Å². The third-order valence-corrected chi connectivity index (χ3v) is 3.96. The summed E-state index contributed by atoms with van der Waals surface area (Å²) in [6, 6.07) is 12.9. The second kappa shape index (κ2) is 8.92. The highest BCUT2D eigenvalue weighted by Crippen LogP contribution is 2.22. The average Bonchev–Trinajstić information content (AvgIpc) is 2.70. The smallest absolute Gasteiger partial charge is 0.344 e. The Morgan fingerprint density at radius 2 is 1.76 bits per heavy atom. The van der Waals surface area contributed by atoms with Crippen LogP contribution in [0.4, 0.5) is 5.69 Å². The number of carbonyl (C=O) groups is 2. The topological polar surface area (TPSA) is 104 Å². The van der Waals surface area contributed by atoms with Gasteiger partial charge in [0, 0.05) is 35.7 Å². The van der Waals surface area contributed by atoms with Gasteiger partial charge in [-0.15, -0.1) is 0 Å². The van der Waals surface area contributed by atoms with E-state index in [0.29, 0.717) is 28.1 Å². The van der Waals surface area contributed by atoms with E-state index in [2.05, 4.69) is 5.32 Å². The van der Waals surface area contributed by atoms with Crippen LogP contribution >= 0.6 is 0 Å². The van der Waals surface area contributed by atoms with Gasteiger partial charge in [0.2, 0.25) is 5.91 Å². The van der Waals surface area contributed by atoms with Gasteiger partial charge in [-0.1, -0.05) is 0 Å². The molecular formula is C21H19NO7. The minimum absolute atomic E-state index is 0.119. The summed E-state index contributed by atoms with van der Waals surface area (Å²) in [6.07, 6.45) is 0. The Morgan fingerprint density at radius 1 is 1.03 bits per heavy atom. The van der Waals surface area contributed by atoms with Crippen molar-refractivity contribution < 1.29 is 28.2 Å². The molecule has 0 fully saturated rings. The van der Waals surface area contributed by atoms with Crippen LogP contribution in [-0.4, -0.2) is 25.6 Å². The van der Waals surface area contributed by atoms with Gasteiger partial charge in [-0.25, -0.2) is 9.59 Å². The number of amides is 1. The highest BCUT2D eigenvalue weighted by atomic mass is 16.6. The van der Waals surface area contributed by atoms with E-state index in [0.717, 1.165) is 0 Å². The molecule has 1 heterocycles. The second-order valence-corrected chi connectivity index (χ2v) is 6.11. The molecule has 0 saturated heterocycles. The molecule has 0 bridgehead atoms. The van der Waals surface area contributed by atoms with Crippen LogP contribution in [0.2, 0.25) is 0 Å². The van der Waals surface area contributed by atoms with E-state index in [1.807, 2.05) is 0 Å². The number of rotatable bonds is 7. The number of methoxy groups -OCH3 is 1. The maximum atomic E-state index is 12.0. The minimum atomic E-state index is -0.586. The van der Waals surface area contributed by atoms with Gasteiger partial charge in [0.25, 0.3) is 0 Å². The van der Waals surface area contributed by atoms with Crippen LogP contribution in [0.1, 0.15) is 12.5 Å². The second-order valence-electron chi connectivity index (χ2n) is 6.11. The van der Waals surface area contributed by atoms with Crippen LogP contribution in [0.25, 0.3) is 11.0 Å². The van der Waals surface area contributed by atoms with Gasteiger partial charge < -0.3 is 23.9 Å². The Hall–Kier alpha value is -3.81. The summed E-state index contributed by atoms with van der Waals surface area (Å²) in [5.41, 5.74) is 0.681. The van der Waals surface area contributed by atoms with E-state index in [9.17, 15) is 14.4 Å². The number of esters is 1. The first-order valence-electron chi connectivity index (χ1n) is 8.71. The van der Waals surface area contributed by atoms with Crippen molar-refractivity contribution in [2.75, 3.05) is 19.0 Å². The van der Waals surface area contributed by atoms with Crippen LogP contribution in [0.3, 0.4) is 0 Å². The lowest BCUT2D eigenvalue weighted by atomic mass is 10.1. The van der Waals surface area contributed by atoms with Crippen LogP contribution in [0, 0.1) is 0 Å². The molecular weight excluding hydrogens is 378 g/mol. The van der Waals surface area contributed by atoms with Crippen LogP contribution in [0.15, 0.2) is 57.7 Å². The third-order valence-electron chi connectivity index (χ3n) is 3.96. The summed E-state index contributed by atoms with van der Waals surface area (Å²) in [5.74, 6) is 0.348. The predicted molar refractivity (Wildman–Crippen MR) is 105 cm³/mol. The molecule has 0 atom stereocenters. The Kier molecular flexibility index (Phi) is 6.13. The average molecular weight is 397 g/mol. The zero-order valence-electron chi connectivity index (χ0n) is 15.9. The van der Waals surface area contributed by atoms with E-state index in [4.69, 9.17) is 18.6 Å². The summed E-state index contributed by atoms with van der Waals surface area (Å²) in [6.45, 7) is 0.981. The van der Waals surface area contributed by atoms with Crippen molar-refractivity contribution in [3.05, 3.63) is 64.5 Å². The van der Waals surface area contributed by atoms with Crippen molar-refractivity contribution >= 4 is 28.5 Å². The zero-order valence-corrected chi connectivity index (χ0v) is 15.9. The maximum Gasteiger partial charge on any atom is 0.344 e. The SMILES string of the molecule is COc1ccc(OCC(=O)OCc2cc(=O)oc3cc(NC(C)=O)ccc23)cc1. The molecule has 0 radical (unpaired) electrons. The lowest BCUT2D eigenvalue weighted by Gasteiger charge is -2.10. The summed E-state index contributed by atoms with van der Waals surface area (Å²) < 4.78 is 20.8. The quantitative estimate of drug-likeness (QED) is 0.483. The maximum absolute atomic E-state index is 12.0. The molecule has 8 heteroatoms. The van der Waals surface area contributed by atoms with Gasteiger partial charge in [-0.2, -0.15) is 0 Å². The van der Waals surface area contributed by atoms with Crippen molar-refractivity contribution in [1.29, 1.82) is 0 Å². The lowest BCUT2D eigenvalue weighted by Crippen LogP contribution is -2.15. The Labute approximate surface area is 166 Å².